The summed E-state index contributed by atoms with van der Waals surface area (Å²) in [5.41, 5.74) is 1.97. The number of aromatic nitrogens is 2. The first-order chi connectivity index (χ1) is 9.99. The van der Waals surface area contributed by atoms with Gasteiger partial charge in [0.2, 0.25) is 0 Å². The van der Waals surface area contributed by atoms with Crippen molar-refractivity contribution in [1.29, 1.82) is 0 Å². The van der Waals surface area contributed by atoms with Crippen LogP contribution in [0.4, 0.5) is 0 Å². The molecule has 2 aromatic rings. The van der Waals surface area contributed by atoms with Crippen molar-refractivity contribution in [3.05, 3.63) is 29.0 Å². The Bertz CT molecular complexity index is 593. The Kier molecular flexibility index (Phi) is 5.91. The quantitative estimate of drug-likeness (QED) is 0.525. The standard InChI is InChI=1S/C16H22Cl2N2O/c1-11(2)10-21-8-4-7-20-15-9-13(18)5-6-14(15)19-16(20)12(3)17/h5-6,9,11-12H,4,7-8,10H2,1-3H3. The third-order valence-electron chi connectivity index (χ3n) is 3.22. The summed E-state index contributed by atoms with van der Waals surface area (Å²) in [6, 6.07) is 5.74. The molecule has 1 atom stereocenters. The number of imidazole rings is 1. The molecule has 116 valence electrons. The predicted octanol–water partition coefficient (Wildman–Crippen LogP) is 5.05. The number of rotatable bonds is 7. The summed E-state index contributed by atoms with van der Waals surface area (Å²) in [6.45, 7) is 8.62. The van der Waals surface area contributed by atoms with E-state index in [1.165, 1.54) is 0 Å². The van der Waals surface area contributed by atoms with E-state index in [9.17, 15) is 0 Å². The molecule has 1 aromatic heterocycles. The number of fused-ring (bicyclic) bond motifs is 1. The molecule has 0 bridgehead atoms. The molecule has 0 spiro atoms. The van der Waals surface area contributed by atoms with Crippen molar-refractivity contribution in [3.63, 3.8) is 0 Å². The second-order valence-corrected chi connectivity index (χ2v) is 6.78. The van der Waals surface area contributed by atoms with E-state index in [0.29, 0.717) is 10.9 Å². The summed E-state index contributed by atoms with van der Waals surface area (Å²) < 4.78 is 7.79. The Hall–Kier alpha value is -0.770. The molecule has 0 radical (unpaired) electrons. The van der Waals surface area contributed by atoms with Crippen molar-refractivity contribution in [1.82, 2.24) is 9.55 Å². The molecule has 1 aromatic carbocycles. The molecule has 21 heavy (non-hydrogen) atoms. The molecule has 5 heteroatoms. The zero-order chi connectivity index (χ0) is 15.4. The van der Waals surface area contributed by atoms with Crippen LogP contribution in [0.3, 0.4) is 0 Å². The third-order valence-corrected chi connectivity index (χ3v) is 3.65. The van der Waals surface area contributed by atoms with E-state index in [1.807, 2.05) is 25.1 Å². The molecule has 0 aliphatic rings. The average molecular weight is 329 g/mol. The first-order valence-electron chi connectivity index (χ1n) is 7.36. The van der Waals surface area contributed by atoms with Crippen molar-refractivity contribution in [2.75, 3.05) is 13.2 Å². The lowest BCUT2D eigenvalue weighted by molar-refractivity contribution is 0.105. The highest BCUT2D eigenvalue weighted by Crippen LogP contribution is 2.26. The van der Waals surface area contributed by atoms with Gasteiger partial charge in [-0.15, -0.1) is 11.6 Å². The van der Waals surface area contributed by atoms with Crippen LogP contribution in [0.1, 0.15) is 38.4 Å². The SMILES string of the molecule is CC(C)COCCCn1c(C(C)Cl)nc2ccc(Cl)cc21. The highest BCUT2D eigenvalue weighted by molar-refractivity contribution is 6.31. The van der Waals surface area contributed by atoms with E-state index in [-0.39, 0.29) is 5.38 Å². The maximum Gasteiger partial charge on any atom is 0.127 e. The summed E-state index contributed by atoms with van der Waals surface area (Å²) in [6.07, 6.45) is 0.932. The molecule has 0 amide bonds. The summed E-state index contributed by atoms with van der Waals surface area (Å²) in [4.78, 5) is 4.61. The maximum atomic E-state index is 6.25. The lowest BCUT2D eigenvalue weighted by atomic mass is 10.2. The van der Waals surface area contributed by atoms with Crippen LogP contribution in [0.5, 0.6) is 0 Å². The van der Waals surface area contributed by atoms with E-state index in [1.54, 1.807) is 0 Å². The molecule has 3 nitrogen and oxygen atoms in total. The van der Waals surface area contributed by atoms with Crippen LogP contribution in [0.15, 0.2) is 18.2 Å². The Balaban J connectivity index is 2.12. The molecule has 0 saturated heterocycles. The third kappa shape index (κ3) is 4.35. The van der Waals surface area contributed by atoms with Gasteiger partial charge in [0.1, 0.15) is 5.82 Å². The fourth-order valence-electron chi connectivity index (χ4n) is 2.30. The maximum absolute atomic E-state index is 6.25. The molecule has 0 aliphatic heterocycles. The van der Waals surface area contributed by atoms with Crippen molar-refractivity contribution in [2.24, 2.45) is 5.92 Å². The van der Waals surface area contributed by atoms with Gasteiger partial charge in [-0.25, -0.2) is 4.98 Å². The molecule has 1 heterocycles. The Morgan fingerprint density at radius 3 is 2.71 bits per heavy atom. The van der Waals surface area contributed by atoms with Crippen LogP contribution in [0.2, 0.25) is 5.02 Å². The normalized spacial score (nSPS) is 13.2. The monoisotopic (exact) mass is 328 g/mol. The Morgan fingerprint density at radius 2 is 2.05 bits per heavy atom. The fraction of sp³-hybridized carbons (Fsp3) is 0.562. The fourth-order valence-corrected chi connectivity index (χ4v) is 2.63. The number of benzene rings is 1. The van der Waals surface area contributed by atoms with Gasteiger partial charge < -0.3 is 9.30 Å². The number of nitrogens with zero attached hydrogens (tertiary/aromatic N) is 2. The van der Waals surface area contributed by atoms with E-state index < -0.39 is 0 Å². The summed E-state index contributed by atoms with van der Waals surface area (Å²) in [5.74, 6) is 1.45. The molecule has 0 aliphatic carbocycles. The topological polar surface area (TPSA) is 27.1 Å². The van der Waals surface area contributed by atoms with E-state index in [4.69, 9.17) is 27.9 Å². The van der Waals surface area contributed by atoms with Crippen LogP contribution in [-0.4, -0.2) is 22.8 Å². The molecule has 0 fully saturated rings. The zero-order valence-corrected chi connectivity index (χ0v) is 14.3. The number of hydrogen-bond acceptors (Lipinski definition) is 2. The second kappa shape index (κ2) is 7.48. The Morgan fingerprint density at radius 1 is 1.29 bits per heavy atom. The lowest BCUT2D eigenvalue weighted by Gasteiger charge is -2.11. The molecule has 1 unspecified atom stereocenters. The molecule has 0 saturated carbocycles. The lowest BCUT2D eigenvalue weighted by Crippen LogP contribution is -2.09. The first-order valence-corrected chi connectivity index (χ1v) is 8.18. The van der Waals surface area contributed by atoms with Gasteiger partial charge in [0, 0.05) is 24.8 Å². The first kappa shape index (κ1) is 16.6. The number of hydrogen-bond donors (Lipinski definition) is 0. The minimum atomic E-state index is -0.132. The number of alkyl halides is 1. The second-order valence-electron chi connectivity index (χ2n) is 5.69. The van der Waals surface area contributed by atoms with E-state index in [2.05, 4.69) is 23.4 Å². The van der Waals surface area contributed by atoms with Crippen molar-refractivity contribution in [2.45, 2.75) is 39.1 Å². The van der Waals surface area contributed by atoms with Crippen LogP contribution >= 0.6 is 23.2 Å². The molecule has 2 rings (SSSR count). The number of aryl methyl sites for hydroxylation is 1. The molecule has 0 N–H and O–H groups in total. The Labute approximate surface area is 136 Å². The van der Waals surface area contributed by atoms with Gasteiger partial charge in [-0.05, 0) is 37.5 Å². The summed E-state index contributed by atoms with van der Waals surface area (Å²) in [5, 5.41) is 0.584. The number of ether oxygens (including phenoxy) is 1. The predicted molar refractivity (Wildman–Crippen MR) is 89.3 cm³/mol. The smallest absolute Gasteiger partial charge is 0.127 e. The minimum absolute atomic E-state index is 0.132. The zero-order valence-electron chi connectivity index (χ0n) is 12.8. The molecular weight excluding hydrogens is 307 g/mol. The highest BCUT2D eigenvalue weighted by Gasteiger charge is 2.14. The number of halogens is 2. The van der Waals surface area contributed by atoms with Gasteiger partial charge in [-0.1, -0.05) is 25.4 Å². The van der Waals surface area contributed by atoms with Crippen molar-refractivity contribution >= 4 is 34.2 Å². The van der Waals surface area contributed by atoms with Crippen LogP contribution in [0.25, 0.3) is 11.0 Å². The van der Waals surface area contributed by atoms with Gasteiger partial charge in [0.05, 0.1) is 16.4 Å². The summed E-state index contributed by atoms with van der Waals surface area (Å²) in [7, 11) is 0. The average Bonchev–Trinajstić information content (AvgIpc) is 2.76. The van der Waals surface area contributed by atoms with E-state index >= 15 is 0 Å². The molecular formula is C16H22Cl2N2O. The minimum Gasteiger partial charge on any atom is -0.381 e. The van der Waals surface area contributed by atoms with Crippen LogP contribution in [-0.2, 0) is 11.3 Å². The van der Waals surface area contributed by atoms with Crippen LogP contribution in [0, 0.1) is 5.92 Å². The van der Waals surface area contributed by atoms with Gasteiger partial charge in [0.25, 0.3) is 0 Å². The largest absolute Gasteiger partial charge is 0.381 e. The van der Waals surface area contributed by atoms with Crippen molar-refractivity contribution in [3.8, 4) is 0 Å². The highest BCUT2D eigenvalue weighted by atomic mass is 35.5. The van der Waals surface area contributed by atoms with Gasteiger partial charge in [-0.3, -0.25) is 0 Å². The van der Waals surface area contributed by atoms with Gasteiger partial charge in [-0.2, -0.15) is 0 Å². The van der Waals surface area contributed by atoms with Gasteiger partial charge in [0.15, 0.2) is 0 Å². The van der Waals surface area contributed by atoms with E-state index in [0.717, 1.165) is 43.0 Å². The van der Waals surface area contributed by atoms with Gasteiger partial charge >= 0.3 is 0 Å². The van der Waals surface area contributed by atoms with Crippen molar-refractivity contribution < 1.29 is 4.74 Å². The summed E-state index contributed by atoms with van der Waals surface area (Å²) >= 11 is 12.4. The van der Waals surface area contributed by atoms with Crippen LogP contribution < -0.4 is 0 Å².